The monoisotopic (exact) mass is 279 g/mol. The first kappa shape index (κ1) is 15.3. The Morgan fingerprint density at radius 2 is 1.65 bits per heavy atom. The van der Waals surface area contributed by atoms with E-state index in [2.05, 4.69) is 4.98 Å². The first-order valence-corrected chi connectivity index (χ1v) is 6.76. The van der Waals surface area contributed by atoms with E-state index in [4.69, 9.17) is 9.31 Å². The van der Waals surface area contributed by atoms with Crippen LogP contribution >= 0.6 is 0 Å². The molecule has 0 atom stereocenters. The highest BCUT2D eigenvalue weighted by atomic mass is 16.7. The van der Waals surface area contributed by atoms with Crippen molar-refractivity contribution in [1.82, 2.24) is 4.98 Å². The van der Waals surface area contributed by atoms with Crippen LogP contribution in [0.15, 0.2) is 16.9 Å². The predicted molar refractivity (Wildman–Crippen MR) is 78.0 cm³/mol. The van der Waals surface area contributed by atoms with Gasteiger partial charge in [0, 0.05) is 17.2 Å². The van der Waals surface area contributed by atoms with Crippen molar-refractivity contribution in [3.8, 4) is 0 Å². The molecule has 0 spiro atoms. The molecule has 2 heterocycles. The van der Waals surface area contributed by atoms with Gasteiger partial charge in [0.25, 0.3) is 0 Å². The lowest BCUT2D eigenvalue weighted by Gasteiger charge is -2.32. The summed E-state index contributed by atoms with van der Waals surface area (Å²) in [6, 6.07) is 3.06. The summed E-state index contributed by atoms with van der Waals surface area (Å²) < 4.78 is 11.9. The molecule has 1 fully saturated rings. The Balaban J connectivity index is 2.48. The van der Waals surface area contributed by atoms with Gasteiger partial charge in [0.15, 0.2) is 0 Å². The van der Waals surface area contributed by atoms with Crippen molar-refractivity contribution in [3.05, 3.63) is 28.2 Å². The summed E-state index contributed by atoms with van der Waals surface area (Å²) in [6.45, 7) is 11.1. The fourth-order valence-corrected chi connectivity index (χ4v) is 2.16. The summed E-state index contributed by atoms with van der Waals surface area (Å²) >= 11 is 0. The molecule has 1 saturated heterocycles. The first-order valence-electron chi connectivity index (χ1n) is 6.76. The summed E-state index contributed by atoms with van der Waals surface area (Å²) in [5, 5.41) is 10.2. The Morgan fingerprint density at radius 3 is 2.10 bits per heavy atom. The Bertz CT molecular complexity index is 555. The van der Waals surface area contributed by atoms with Crippen LogP contribution in [0.3, 0.4) is 0 Å². The molecule has 2 N–H and O–H groups in total. The van der Waals surface area contributed by atoms with Crippen LogP contribution in [0.2, 0.25) is 0 Å². The highest BCUT2D eigenvalue weighted by Gasteiger charge is 2.52. The van der Waals surface area contributed by atoms with Crippen molar-refractivity contribution in [1.29, 1.82) is 0 Å². The zero-order valence-corrected chi connectivity index (χ0v) is 12.9. The first-order chi connectivity index (χ1) is 8.94. The number of H-pyrrole nitrogens is 1. The lowest BCUT2D eigenvalue weighted by atomic mass is 9.75. The Morgan fingerprint density at radius 1 is 1.15 bits per heavy atom. The molecule has 0 bridgehead atoms. The molecular formula is C14H22BNO4. The summed E-state index contributed by atoms with van der Waals surface area (Å²) in [5.74, 6) is 0. The number of aliphatic hydroxyl groups is 1. The van der Waals surface area contributed by atoms with Gasteiger partial charge in [0.2, 0.25) is 5.56 Å². The second-order valence-electron chi connectivity index (χ2n) is 6.80. The van der Waals surface area contributed by atoms with Gasteiger partial charge in [-0.05, 0) is 41.5 Å². The van der Waals surface area contributed by atoms with Crippen molar-refractivity contribution < 1.29 is 14.4 Å². The van der Waals surface area contributed by atoms with Gasteiger partial charge in [0.1, 0.15) is 0 Å². The van der Waals surface area contributed by atoms with Crippen LogP contribution in [0.25, 0.3) is 0 Å². The van der Waals surface area contributed by atoms with Gasteiger partial charge in [-0.2, -0.15) is 0 Å². The second kappa shape index (κ2) is 4.45. The largest absolute Gasteiger partial charge is 0.496 e. The van der Waals surface area contributed by atoms with Crippen molar-refractivity contribution in [2.24, 2.45) is 0 Å². The zero-order valence-electron chi connectivity index (χ0n) is 12.9. The number of hydrogen-bond donors (Lipinski definition) is 2. The average molecular weight is 279 g/mol. The minimum atomic E-state index is -1.18. The van der Waals surface area contributed by atoms with Crippen LogP contribution in [-0.4, -0.2) is 28.4 Å². The molecule has 0 amide bonds. The molecule has 6 heteroatoms. The molecule has 0 saturated carbocycles. The third-order valence-corrected chi connectivity index (χ3v) is 4.07. The van der Waals surface area contributed by atoms with Crippen LogP contribution in [0.1, 0.15) is 47.2 Å². The van der Waals surface area contributed by atoms with Crippen LogP contribution in [0.4, 0.5) is 0 Å². The molecule has 0 aliphatic carbocycles. The predicted octanol–water partition coefficient (Wildman–Crippen LogP) is 0.901. The van der Waals surface area contributed by atoms with E-state index in [0.717, 1.165) is 0 Å². The lowest BCUT2D eigenvalue weighted by molar-refractivity contribution is 0.00578. The van der Waals surface area contributed by atoms with Crippen LogP contribution in [0, 0.1) is 0 Å². The standard InChI is InChI=1S/C14H22BNO4/c1-12(2,18)11-9(7-8-10(17)16-11)15-19-13(3,4)14(5,6)20-15/h7-8,18H,1-6H3,(H,16,17). The molecule has 1 aliphatic heterocycles. The third kappa shape index (κ3) is 2.55. The lowest BCUT2D eigenvalue weighted by Crippen LogP contribution is -2.43. The maximum absolute atomic E-state index is 11.5. The second-order valence-corrected chi connectivity index (χ2v) is 6.80. The minimum absolute atomic E-state index is 0.262. The quantitative estimate of drug-likeness (QED) is 0.789. The number of aromatic nitrogens is 1. The summed E-state index contributed by atoms with van der Waals surface area (Å²) in [4.78, 5) is 14.2. The van der Waals surface area contributed by atoms with Crippen LogP contribution < -0.4 is 11.0 Å². The maximum Gasteiger partial charge on any atom is 0.496 e. The molecule has 1 aromatic heterocycles. The normalized spacial score (nSPS) is 21.2. The molecule has 2 rings (SSSR count). The topological polar surface area (TPSA) is 71.5 Å². The van der Waals surface area contributed by atoms with Gasteiger partial charge in [-0.25, -0.2) is 0 Å². The van der Waals surface area contributed by atoms with Gasteiger partial charge in [-0.15, -0.1) is 0 Å². The summed E-state index contributed by atoms with van der Waals surface area (Å²) in [5.41, 5.74) is -1.31. The number of rotatable bonds is 2. The van der Waals surface area contributed by atoms with Gasteiger partial charge in [-0.1, -0.05) is 6.07 Å². The average Bonchev–Trinajstić information content (AvgIpc) is 2.46. The molecular weight excluding hydrogens is 257 g/mol. The Hall–Kier alpha value is -1.11. The van der Waals surface area contributed by atoms with E-state index < -0.39 is 23.9 Å². The Labute approximate surface area is 119 Å². The molecule has 1 aliphatic rings. The van der Waals surface area contributed by atoms with Crippen molar-refractivity contribution in [2.45, 2.75) is 58.3 Å². The molecule has 110 valence electrons. The van der Waals surface area contributed by atoms with Gasteiger partial charge < -0.3 is 19.4 Å². The molecule has 0 radical (unpaired) electrons. The SMILES string of the molecule is CC(C)(O)c1[nH]c(=O)ccc1B1OC(C)(C)C(C)(C)O1. The van der Waals surface area contributed by atoms with E-state index in [-0.39, 0.29) is 5.56 Å². The number of hydrogen-bond acceptors (Lipinski definition) is 4. The zero-order chi connectivity index (χ0) is 15.3. The molecule has 5 nitrogen and oxygen atoms in total. The molecule has 20 heavy (non-hydrogen) atoms. The molecule has 0 unspecified atom stereocenters. The molecule has 0 aromatic carbocycles. The number of pyridine rings is 1. The van der Waals surface area contributed by atoms with Crippen molar-refractivity contribution >= 4 is 12.6 Å². The summed E-state index contributed by atoms with van der Waals surface area (Å²) in [7, 11) is -0.613. The van der Waals surface area contributed by atoms with Gasteiger partial charge in [-0.3, -0.25) is 4.79 Å². The Kier molecular flexibility index (Phi) is 3.40. The highest BCUT2D eigenvalue weighted by molar-refractivity contribution is 6.62. The summed E-state index contributed by atoms with van der Waals surface area (Å²) in [6.07, 6.45) is 0. The third-order valence-electron chi connectivity index (χ3n) is 4.07. The van der Waals surface area contributed by atoms with Crippen molar-refractivity contribution in [3.63, 3.8) is 0 Å². The fourth-order valence-electron chi connectivity index (χ4n) is 2.16. The maximum atomic E-state index is 11.5. The van der Waals surface area contributed by atoms with Gasteiger partial charge >= 0.3 is 7.12 Å². The van der Waals surface area contributed by atoms with E-state index in [0.29, 0.717) is 11.2 Å². The van der Waals surface area contributed by atoms with Gasteiger partial charge in [0.05, 0.1) is 16.8 Å². The smallest absolute Gasteiger partial charge is 0.399 e. The van der Waals surface area contributed by atoms with E-state index in [1.165, 1.54) is 6.07 Å². The van der Waals surface area contributed by atoms with E-state index in [1.54, 1.807) is 19.9 Å². The van der Waals surface area contributed by atoms with Crippen LogP contribution in [0.5, 0.6) is 0 Å². The number of aromatic amines is 1. The van der Waals surface area contributed by atoms with E-state index >= 15 is 0 Å². The fraction of sp³-hybridized carbons (Fsp3) is 0.643. The number of nitrogens with one attached hydrogen (secondary N) is 1. The van der Waals surface area contributed by atoms with Crippen LogP contribution in [-0.2, 0) is 14.9 Å². The molecule has 1 aromatic rings. The van der Waals surface area contributed by atoms with E-state index in [1.807, 2.05) is 27.7 Å². The van der Waals surface area contributed by atoms with Crippen molar-refractivity contribution in [2.75, 3.05) is 0 Å². The highest BCUT2D eigenvalue weighted by Crippen LogP contribution is 2.36. The van der Waals surface area contributed by atoms with E-state index in [9.17, 15) is 9.90 Å². The minimum Gasteiger partial charge on any atom is -0.399 e.